The molecule has 86 valence electrons. The van der Waals surface area contributed by atoms with Crippen LogP contribution in [0.1, 0.15) is 5.56 Å². The van der Waals surface area contributed by atoms with Crippen LogP contribution in [0.4, 0.5) is 8.78 Å². The van der Waals surface area contributed by atoms with Gasteiger partial charge < -0.3 is 4.74 Å². The van der Waals surface area contributed by atoms with Gasteiger partial charge in [-0.2, -0.15) is 8.78 Å². The van der Waals surface area contributed by atoms with Crippen LogP contribution in [-0.4, -0.2) is 13.1 Å². The van der Waals surface area contributed by atoms with Gasteiger partial charge in [-0.15, -0.1) is 0 Å². The smallest absolute Gasteiger partial charge is 0.344 e. The lowest BCUT2D eigenvalue weighted by Gasteiger charge is -2.06. The molecule has 1 aromatic carbocycles. The van der Waals surface area contributed by atoms with Crippen molar-refractivity contribution in [2.75, 3.05) is 7.11 Å². The number of benzene rings is 1. The minimum absolute atomic E-state index is 0.0410. The number of esters is 1. The Morgan fingerprint density at radius 2 is 1.94 bits per heavy atom. The molecule has 6 heteroatoms. The molecule has 0 radical (unpaired) electrons. The fraction of sp³-hybridized carbons (Fsp3) is 0.100. The van der Waals surface area contributed by atoms with E-state index in [-0.39, 0.29) is 15.6 Å². The molecule has 0 aromatic heterocycles. The molecule has 2 nitrogen and oxygen atoms in total. The molecule has 0 saturated carbocycles. The standard InChI is InChI=1S/C10H6Cl2F2O2/c1-16-10(15)8(9(13)14)6-3-2-5(11)4-7(6)12/h2-4H,1H3. The predicted molar refractivity (Wildman–Crippen MR) is 57.6 cm³/mol. The maximum absolute atomic E-state index is 12.6. The zero-order chi connectivity index (χ0) is 12.3. The zero-order valence-electron chi connectivity index (χ0n) is 8.06. The molecule has 16 heavy (non-hydrogen) atoms. The van der Waals surface area contributed by atoms with Gasteiger partial charge in [0.25, 0.3) is 6.08 Å². The Balaban J connectivity index is 3.34. The fourth-order valence-corrected chi connectivity index (χ4v) is 1.59. The Hall–Kier alpha value is -1.13. The summed E-state index contributed by atoms with van der Waals surface area (Å²) in [6.07, 6.45) is -2.16. The highest BCUT2D eigenvalue weighted by atomic mass is 35.5. The van der Waals surface area contributed by atoms with Gasteiger partial charge in [-0.05, 0) is 12.1 Å². The molecule has 0 N–H and O–H groups in total. The van der Waals surface area contributed by atoms with Crippen molar-refractivity contribution < 1.29 is 18.3 Å². The van der Waals surface area contributed by atoms with Gasteiger partial charge in [0.1, 0.15) is 5.57 Å². The first-order valence-electron chi connectivity index (χ1n) is 4.06. The first-order valence-corrected chi connectivity index (χ1v) is 4.82. The first kappa shape index (κ1) is 12.9. The van der Waals surface area contributed by atoms with Gasteiger partial charge in [0.05, 0.1) is 12.1 Å². The molecule has 0 unspecified atom stereocenters. The number of ether oxygens (including phenoxy) is 1. The monoisotopic (exact) mass is 266 g/mol. The van der Waals surface area contributed by atoms with Crippen LogP contribution < -0.4 is 0 Å². The second kappa shape index (κ2) is 5.27. The molecule has 0 saturated heterocycles. The van der Waals surface area contributed by atoms with Crippen molar-refractivity contribution in [1.82, 2.24) is 0 Å². The van der Waals surface area contributed by atoms with E-state index < -0.39 is 17.6 Å². The van der Waals surface area contributed by atoms with Gasteiger partial charge in [0.2, 0.25) is 0 Å². The van der Waals surface area contributed by atoms with E-state index in [9.17, 15) is 13.6 Å². The summed E-state index contributed by atoms with van der Waals surface area (Å²) in [4.78, 5) is 11.1. The van der Waals surface area contributed by atoms with Crippen molar-refractivity contribution in [2.24, 2.45) is 0 Å². The zero-order valence-corrected chi connectivity index (χ0v) is 9.57. The quantitative estimate of drug-likeness (QED) is 0.602. The molecule has 0 atom stereocenters. The molecule has 0 aliphatic carbocycles. The molecule has 1 rings (SSSR count). The van der Waals surface area contributed by atoms with Crippen LogP contribution in [0, 0.1) is 0 Å². The largest absolute Gasteiger partial charge is 0.465 e. The van der Waals surface area contributed by atoms with E-state index in [2.05, 4.69) is 4.74 Å². The predicted octanol–water partition coefficient (Wildman–Crippen LogP) is 3.77. The second-order valence-electron chi connectivity index (χ2n) is 2.75. The topological polar surface area (TPSA) is 26.3 Å². The minimum Gasteiger partial charge on any atom is -0.465 e. The lowest BCUT2D eigenvalue weighted by molar-refractivity contribution is -0.133. The lowest BCUT2D eigenvalue weighted by atomic mass is 10.1. The Bertz CT molecular complexity index is 454. The molecule has 0 aliphatic rings. The Morgan fingerprint density at radius 1 is 1.31 bits per heavy atom. The Morgan fingerprint density at radius 3 is 2.38 bits per heavy atom. The van der Waals surface area contributed by atoms with Gasteiger partial charge in [-0.3, -0.25) is 0 Å². The summed E-state index contributed by atoms with van der Waals surface area (Å²) in [5.41, 5.74) is -0.970. The number of carbonyl (C=O) groups is 1. The summed E-state index contributed by atoms with van der Waals surface area (Å²) in [6.45, 7) is 0. The Kier molecular flexibility index (Phi) is 4.26. The lowest BCUT2D eigenvalue weighted by Crippen LogP contribution is -2.05. The summed E-state index contributed by atoms with van der Waals surface area (Å²) in [5.74, 6) is -1.15. The van der Waals surface area contributed by atoms with Crippen molar-refractivity contribution in [3.63, 3.8) is 0 Å². The molecular weight excluding hydrogens is 261 g/mol. The average Bonchev–Trinajstić information content (AvgIpc) is 2.21. The number of hydrogen-bond acceptors (Lipinski definition) is 2. The van der Waals surface area contributed by atoms with Crippen LogP contribution in [0.3, 0.4) is 0 Å². The second-order valence-corrected chi connectivity index (χ2v) is 3.59. The SMILES string of the molecule is COC(=O)C(=C(F)F)c1ccc(Cl)cc1Cl. The third kappa shape index (κ3) is 2.71. The molecule has 0 bridgehead atoms. The maximum Gasteiger partial charge on any atom is 0.344 e. The van der Waals surface area contributed by atoms with Gasteiger partial charge >= 0.3 is 5.97 Å². The van der Waals surface area contributed by atoms with E-state index in [1.54, 1.807) is 0 Å². The molecular formula is C10H6Cl2F2O2. The maximum atomic E-state index is 12.6. The normalized spacial score (nSPS) is 9.81. The van der Waals surface area contributed by atoms with Crippen molar-refractivity contribution in [1.29, 1.82) is 0 Å². The summed E-state index contributed by atoms with van der Waals surface area (Å²) >= 11 is 11.3. The van der Waals surface area contributed by atoms with Gasteiger partial charge in [0.15, 0.2) is 0 Å². The number of carbonyl (C=O) groups excluding carboxylic acids is 1. The highest BCUT2D eigenvalue weighted by molar-refractivity contribution is 6.37. The van der Waals surface area contributed by atoms with Crippen molar-refractivity contribution in [3.05, 3.63) is 39.9 Å². The van der Waals surface area contributed by atoms with Crippen LogP contribution in [0.25, 0.3) is 5.57 Å². The van der Waals surface area contributed by atoms with E-state index in [1.807, 2.05) is 0 Å². The highest BCUT2D eigenvalue weighted by Crippen LogP contribution is 2.30. The van der Waals surface area contributed by atoms with Crippen LogP contribution in [-0.2, 0) is 9.53 Å². The van der Waals surface area contributed by atoms with Crippen LogP contribution in [0.5, 0.6) is 0 Å². The fourth-order valence-electron chi connectivity index (χ4n) is 1.08. The summed E-state index contributed by atoms with van der Waals surface area (Å²) in [6, 6.07) is 3.86. The van der Waals surface area contributed by atoms with E-state index >= 15 is 0 Å². The van der Waals surface area contributed by atoms with Crippen LogP contribution >= 0.6 is 23.2 Å². The number of methoxy groups -OCH3 is 1. The first-order chi connectivity index (χ1) is 7.47. The molecule has 0 heterocycles. The average molecular weight is 267 g/mol. The van der Waals surface area contributed by atoms with Gasteiger partial charge in [-0.25, -0.2) is 4.79 Å². The third-order valence-electron chi connectivity index (χ3n) is 1.78. The summed E-state index contributed by atoms with van der Waals surface area (Å²) in [7, 11) is 1.01. The van der Waals surface area contributed by atoms with Crippen LogP contribution in [0.2, 0.25) is 10.0 Å². The molecule has 0 aliphatic heterocycles. The molecule has 1 aromatic rings. The van der Waals surface area contributed by atoms with Crippen molar-refractivity contribution in [3.8, 4) is 0 Å². The Labute approximate surface area is 100 Å². The summed E-state index contributed by atoms with van der Waals surface area (Å²) in [5, 5.41) is 0.248. The van der Waals surface area contributed by atoms with E-state index in [0.29, 0.717) is 0 Å². The molecule has 0 spiro atoms. The van der Waals surface area contributed by atoms with E-state index in [4.69, 9.17) is 23.2 Å². The molecule has 0 fully saturated rings. The number of hydrogen-bond donors (Lipinski definition) is 0. The van der Waals surface area contributed by atoms with E-state index in [0.717, 1.165) is 7.11 Å². The van der Waals surface area contributed by atoms with Gasteiger partial charge in [-0.1, -0.05) is 29.3 Å². The summed E-state index contributed by atoms with van der Waals surface area (Å²) < 4.78 is 29.4. The van der Waals surface area contributed by atoms with Crippen molar-refractivity contribution >= 4 is 34.7 Å². The number of halogens is 4. The minimum atomic E-state index is -2.16. The molecule has 0 amide bonds. The van der Waals surface area contributed by atoms with Gasteiger partial charge in [0, 0.05) is 10.6 Å². The van der Waals surface area contributed by atoms with Crippen molar-refractivity contribution in [2.45, 2.75) is 0 Å². The number of rotatable bonds is 2. The van der Waals surface area contributed by atoms with Crippen LogP contribution in [0.15, 0.2) is 24.3 Å². The van der Waals surface area contributed by atoms with E-state index in [1.165, 1.54) is 18.2 Å². The third-order valence-corrected chi connectivity index (χ3v) is 2.33. The highest BCUT2D eigenvalue weighted by Gasteiger charge is 2.21.